The molecule has 78 valence electrons. The van der Waals surface area contributed by atoms with E-state index in [1.807, 2.05) is 19.2 Å². The van der Waals surface area contributed by atoms with Crippen LogP contribution in [-0.2, 0) is 4.79 Å². The first-order chi connectivity index (χ1) is 6.76. The van der Waals surface area contributed by atoms with E-state index in [-0.39, 0.29) is 5.91 Å². The molecule has 0 saturated carbocycles. The average Bonchev–Trinajstić information content (AvgIpc) is 2.66. The van der Waals surface area contributed by atoms with Crippen molar-refractivity contribution < 1.29 is 4.79 Å². The monoisotopic (exact) mass is 213 g/mol. The van der Waals surface area contributed by atoms with Crippen LogP contribution in [0.15, 0.2) is 11.6 Å². The molecule has 1 amide bonds. The number of amides is 1. The minimum Gasteiger partial charge on any atom is -0.301 e. The van der Waals surface area contributed by atoms with E-state index < -0.39 is 0 Å². The first kappa shape index (κ1) is 11.1. The van der Waals surface area contributed by atoms with Crippen LogP contribution < -0.4 is 5.32 Å². The molecule has 1 aromatic heterocycles. The number of hydrogen-bond donors (Lipinski definition) is 1. The average molecular weight is 213 g/mol. The number of anilines is 1. The molecule has 4 nitrogen and oxygen atoms in total. The number of nitrogens with zero attached hydrogens (tertiary/aromatic N) is 2. The Labute approximate surface area is 88.0 Å². The smallest absolute Gasteiger partial charge is 0.240 e. The third-order valence-electron chi connectivity index (χ3n) is 1.94. The van der Waals surface area contributed by atoms with Gasteiger partial charge in [0.1, 0.15) is 0 Å². The number of aromatic nitrogens is 1. The summed E-state index contributed by atoms with van der Waals surface area (Å²) in [5.74, 6) is 0.00338. The van der Waals surface area contributed by atoms with Crippen molar-refractivity contribution in [1.29, 1.82) is 0 Å². The fourth-order valence-electron chi connectivity index (χ4n) is 1.09. The summed E-state index contributed by atoms with van der Waals surface area (Å²) in [6, 6.07) is 0. The van der Waals surface area contributed by atoms with Crippen LogP contribution in [-0.4, -0.2) is 35.4 Å². The van der Waals surface area contributed by atoms with Crippen molar-refractivity contribution in [2.24, 2.45) is 0 Å². The molecule has 0 spiro atoms. The number of rotatable bonds is 5. The van der Waals surface area contributed by atoms with E-state index in [1.54, 1.807) is 6.20 Å². The summed E-state index contributed by atoms with van der Waals surface area (Å²) in [7, 11) is 0. The van der Waals surface area contributed by atoms with E-state index in [9.17, 15) is 4.79 Å². The number of hydrogen-bond acceptors (Lipinski definition) is 4. The zero-order chi connectivity index (χ0) is 10.4. The van der Waals surface area contributed by atoms with Crippen molar-refractivity contribution in [2.45, 2.75) is 13.8 Å². The van der Waals surface area contributed by atoms with Crippen LogP contribution in [0.25, 0.3) is 0 Å². The maximum absolute atomic E-state index is 11.5. The van der Waals surface area contributed by atoms with E-state index in [0.29, 0.717) is 11.7 Å². The standard InChI is InChI=1S/C9H15N3OS/c1-3-12(4-2)7-8(13)11-9-10-5-6-14-9/h5-6H,3-4,7H2,1-2H3,(H,10,11,13). The summed E-state index contributed by atoms with van der Waals surface area (Å²) in [5, 5.41) is 5.26. The van der Waals surface area contributed by atoms with Crippen LogP contribution in [0.1, 0.15) is 13.8 Å². The molecular formula is C9H15N3OS. The summed E-state index contributed by atoms with van der Waals surface area (Å²) in [4.78, 5) is 17.5. The Morgan fingerprint density at radius 1 is 1.57 bits per heavy atom. The Kier molecular flexibility index (Phi) is 4.55. The molecule has 1 aromatic rings. The van der Waals surface area contributed by atoms with Crippen molar-refractivity contribution in [3.8, 4) is 0 Å². The summed E-state index contributed by atoms with van der Waals surface area (Å²) in [6.45, 7) is 6.30. The fourth-order valence-corrected chi connectivity index (χ4v) is 1.64. The second-order valence-electron chi connectivity index (χ2n) is 2.85. The van der Waals surface area contributed by atoms with Gasteiger partial charge in [0.25, 0.3) is 0 Å². The number of thiazole rings is 1. The lowest BCUT2D eigenvalue weighted by atomic mass is 10.4. The van der Waals surface area contributed by atoms with Crippen molar-refractivity contribution in [3.63, 3.8) is 0 Å². The van der Waals surface area contributed by atoms with Crippen LogP contribution in [0.2, 0.25) is 0 Å². The molecule has 0 unspecified atom stereocenters. The van der Waals surface area contributed by atoms with Crippen molar-refractivity contribution in [2.75, 3.05) is 25.0 Å². The third kappa shape index (κ3) is 3.43. The summed E-state index contributed by atoms with van der Waals surface area (Å²) >= 11 is 1.43. The highest BCUT2D eigenvalue weighted by molar-refractivity contribution is 7.13. The van der Waals surface area contributed by atoms with Crippen LogP contribution >= 0.6 is 11.3 Å². The van der Waals surface area contributed by atoms with E-state index in [4.69, 9.17) is 0 Å². The van der Waals surface area contributed by atoms with Gasteiger partial charge in [0, 0.05) is 11.6 Å². The summed E-state index contributed by atoms with van der Waals surface area (Å²) in [6.07, 6.45) is 1.68. The molecule has 0 aromatic carbocycles. The lowest BCUT2D eigenvalue weighted by molar-refractivity contribution is -0.117. The molecule has 0 radical (unpaired) electrons. The van der Waals surface area contributed by atoms with E-state index in [0.717, 1.165) is 13.1 Å². The van der Waals surface area contributed by atoms with Gasteiger partial charge in [-0.15, -0.1) is 11.3 Å². The van der Waals surface area contributed by atoms with Crippen molar-refractivity contribution >= 4 is 22.4 Å². The van der Waals surface area contributed by atoms with Gasteiger partial charge in [0.15, 0.2) is 5.13 Å². The van der Waals surface area contributed by atoms with Gasteiger partial charge in [0.2, 0.25) is 5.91 Å². The van der Waals surface area contributed by atoms with Gasteiger partial charge in [-0.3, -0.25) is 9.69 Å². The van der Waals surface area contributed by atoms with Crippen LogP contribution in [0.3, 0.4) is 0 Å². The van der Waals surface area contributed by atoms with Gasteiger partial charge in [-0.2, -0.15) is 0 Å². The van der Waals surface area contributed by atoms with Gasteiger partial charge >= 0.3 is 0 Å². The largest absolute Gasteiger partial charge is 0.301 e. The molecule has 0 aliphatic rings. The van der Waals surface area contributed by atoms with Gasteiger partial charge < -0.3 is 5.32 Å². The number of carbonyl (C=O) groups excluding carboxylic acids is 1. The van der Waals surface area contributed by atoms with E-state index in [1.165, 1.54) is 11.3 Å². The second-order valence-corrected chi connectivity index (χ2v) is 3.74. The maximum Gasteiger partial charge on any atom is 0.240 e. The Bertz CT molecular complexity index is 270. The lowest BCUT2D eigenvalue weighted by Gasteiger charge is -2.16. The van der Waals surface area contributed by atoms with Crippen LogP contribution in [0.5, 0.6) is 0 Å². The number of nitrogens with one attached hydrogen (secondary N) is 1. The normalized spacial score (nSPS) is 10.5. The Hall–Kier alpha value is -0.940. The molecule has 0 atom stereocenters. The van der Waals surface area contributed by atoms with Gasteiger partial charge in [-0.25, -0.2) is 4.98 Å². The predicted octanol–water partition coefficient (Wildman–Crippen LogP) is 1.42. The van der Waals surface area contributed by atoms with Crippen molar-refractivity contribution in [1.82, 2.24) is 9.88 Å². The third-order valence-corrected chi connectivity index (χ3v) is 2.63. The van der Waals surface area contributed by atoms with Gasteiger partial charge in [-0.1, -0.05) is 13.8 Å². The highest BCUT2D eigenvalue weighted by Gasteiger charge is 2.07. The predicted molar refractivity (Wildman–Crippen MR) is 58.5 cm³/mol. The second kappa shape index (κ2) is 5.72. The first-order valence-corrected chi connectivity index (χ1v) is 5.56. The fraction of sp³-hybridized carbons (Fsp3) is 0.556. The molecule has 0 fully saturated rings. The number of likely N-dealkylation sites (N-methyl/N-ethyl adjacent to an activating group) is 1. The summed E-state index contributed by atoms with van der Waals surface area (Å²) in [5.41, 5.74) is 0. The summed E-state index contributed by atoms with van der Waals surface area (Å²) < 4.78 is 0. The highest BCUT2D eigenvalue weighted by atomic mass is 32.1. The molecule has 0 aliphatic carbocycles. The van der Waals surface area contributed by atoms with E-state index in [2.05, 4.69) is 15.2 Å². The van der Waals surface area contributed by atoms with E-state index >= 15 is 0 Å². The maximum atomic E-state index is 11.5. The zero-order valence-corrected chi connectivity index (χ0v) is 9.30. The number of carbonyl (C=O) groups is 1. The van der Waals surface area contributed by atoms with Crippen LogP contribution in [0.4, 0.5) is 5.13 Å². The molecular weight excluding hydrogens is 198 g/mol. The Balaban J connectivity index is 2.35. The molecule has 14 heavy (non-hydrogen) atoms. The quantitative estimate of drug-likeness (QED) is 0.804. The molecule has 1 N–H and O–H groups in total. The SMILES string of the molecule is CCN(CC)CC(=O)Nc1nccs1. The zero-order valence-electron chi connectivity index (χ0n) is 8.49. The van der Waals surface area contributed by atoms with Crippen molar-refractivity contribution in [3.05, 3.63) is 11.6 Å². The molecule has 0 saturated heterocycles. The highest BCUT2D eigenvalue weighted by Crippen LogP contribution is 2.09. The van der Waals surface area contributed by atoms with Crippen LogP contribution in [0, 0.1) is 0 Å². The molecule has 1 rings (SSSR count). The lowest BCUT2D eigenvalue weighted by Crippen LogP contribution is -2.32. The molecule has 0 aliphatic heterocycles. The Morgan fingerprint density at radius 3 is 2.79 bits per heavy atom. The minimum absolute atomic E-state index is 0.00338. The molecule has 5 heteroatoms. The minimum atomic E-state index is 0.00338. The topological polar surface area (TPSA) is 45.2 Å². The Morgan fingerprint density at radius 2 is 2.29 bits per heavy atom. The first-order valence-electron chi connectivity index (χ1n) is 4.68. The molecule has 0 bridgehead atoms. The van der Waals surface area contributed by atoms with Gasteiger partial charge in [-0.05, 0) is 13.1 Å². The van der Waals surface area contributed by atoms with Gasteiger partial charge in [0.05, 0.1) is 6.54 Å². The molecule has 1 heterocycles.